The van der Waals surface area contributed by atoms with Crippen LogP contribution in [0.15, 0.2) is 36.9 Å². The van der Waals surface area contributed by atoms with Gasteiger partial charge in [-0.2, -0.15) is 0 Å². The normalized spacial score (nSPS) is 11.1. The molecular weight excluding hydrogens is 262 g/mol. The highest BCUT2D eigenvalue weighted by Crippen LogP contribution is 2.28. The number of carbonyl (C=O) groups is 1. The molecule has 4 heteroatoms. The van der Waals surface area contributed by atoms with Crippen LogP contribution in [-0.2, 0) is 11.5 Å². The molecule has 0 radical (unpaired) electrons. The van der Waals surface area contributed by atoms with Crippen molar-refractivity contribution in [2.24, 2.45) is 0 Å². The standard InChI is InChI=1S/C15H14ClNO2/c1-3-7-13-11(4-2)12-8-5-6-9-14(12)17(13)10-19-15(16)18/h3-9H,2,10H2,1H3/b7-3-. The van der Waals surface area contributed by atoms with Gasteiger partial charge in [-0.3, -0.25) is 0 Å². The fourth-order valence-corrected chi connectivity index (χ4v) is 2.21. The van der Waals surface area contributed by atoms with Gasteiger partial charge in [-0.1, -0.05) is 36.9 Å². The maximum atomic E-state index is 10.8. The van der Waals surface area contributed by atoms with E-state index in [1.807, 2.05) is 47.9 Å². The summed E-state index contributed by atoms with van der Waals surface area (Å²) in [5.41, 5.74) is 2.11. The molecule has 2 aromatic rings. The van der Waals surface area contributed by atoms with Gasteiger partial charge in [0.05, 0.1) is 11.2 Å². The van der Waals surface area contributed by atoms with Gasteiger partial charge >= 0.3 is 5.43 Å². The summed E-state index contributed by atoms with van der Waals surface area (Å²) in [6, 6.07) is 7.89. The third-order valence-corrected chi connectivity index (χ3v) is 3.00. The highest BCUT2D eigenvalue weighted by atomic mass is 35.5. The Morgan fingerprint density at radius 1 is 1.47 bits per heavy atom. The number of allylic oxidation sites excluding steroid dienone is 1. The number of hydrogen-bond acceptors (Lipinski definition) is 2. The van der Waals surface area contributed by atoms with Gasteiger partial charge in [0.1, 0.15) is 0 Å². The first kappa shape index (κ1) is 13.4. The van der Waals surface area contributed by atoms with Crippen LogP contribution in [0.2, 0.25) is 0 Å². The second kappa shape index (κ2) is 5.76. The van der Waals surface area contributed by atoms with Crippen molar-refractivity contribution in [3.8, 4) is 0 Å². The van der Waals surface area contributed by atoms with Crippen molar-refractivity contribution >= 4 is 40.1 Å². The molecule has 0 unspecified atom stereocenters. The molecule has 0 saturated carbocycles. The maximum Gasteiger partial charge on any atom is 0.405 e. The van der Waals surface area contributed by atoms with Gasteiger partial charge in [0.15, 0.2) is 6.73 Å². The van der Waals surface area contributed by atoms with E-state index >= 15 is 0 Å². The summed E-state index contributed by atoms with van der Waals surface area (Å²) < 4.78 is 6.80. The Morgan fingerprint density at radius 3 is 2.84 bits per heavy atom. The maximum absolute atomic E-state index is 10.8. The minimum Gasteiger partial charge on any atom is -0.432 e. The lowest BCUT2D eigenvalue weighted by Crippen LogP contribution is -2.05. The van der Waals surface area contributed by atoms with Crippen LogP contribution in [0.4, 0.5) is 4.79 Å². The van der Waals surface area contributed by atoms with Crippen molar-refractivity contribution < 1.29 is 9.53 Å². The van der Waals surface area contributed by atoms with E-state index in [4.69, 9.17) is 16.3 Å². The fourth-order valence-electron chi connectivity index (χ4n) is 2.16. The minimum absolute atomic E-state index is 0.0797. The van der Waals surface area contributed by atoms with Crippen LogP contribution in [0.1, 0.15) is 18.2 Å². The third-order valence-electron chi connectivity index (χ3n) is 2.89. The number of aromatic nitrogens is 1. The van der Waals surface area contributed by atoms with E-state index in [2.05, 4.69) is 6.58 Å². The molecule has 2 rings (SSSR count). The zero-order chi connectivity index (χ0) is 13.8. The number of nitrogens with zero attached hydrogens (tertiary/aromatic N) is 1. The minimum atomic E-state index is -0.815. The van der Waals surface area contributed by atoms with Crippen LogP contribution in [0.3, 0.4) is 0 Å². The van der Waals surface area contributed by atoms with E-state index < -0.39 is 5.43 Å². The average molecular weight is 276 g/mol. The van der Waals surface area contributed by atoms with Crippen LogP contribution in [0.5, 0.6) is 0 Å². The number of rotatable bonds is 4. The van der Waals surface area contributed by atoms with Gasteiger partial charge in [0.25, 0.3) is 0 Å². The Kier molecular flexibility index (Phi) is 4.07. The van der Waals surface area contributed by atoms with Gasteiger partial charge in [0.2, 0.25) is 0 Å². The Bertz CT molecular complexity index is 655. The quantitative estimate of drug-likeness (QED) is 0.761. The second-order valence-electron chi connectivity index (χ2n) is 3.96. The number of ether oxygens (including phenoxy) is 1. The number of halogens is 1. The number of benzene rings is 1. The summed E-state index contributed by atoms with van der Waals surface area (Å²) in [5.74, 6) is 0. The van der Waals surface area contributed by atoms with E-state index in [0.717, 1.165) is 22.2 Å². The van der Waals surface area contributed by atoms with E-state index in [9.17, 15) is 4.79 Å². The first-order valence-corrected chi connectivity index (χ1v) is 6.25. The number of carbonyl (C=O) groups excluding carboxylic acids is 1. The zero-order valence-corrected chi connectivity index (χ0v) is 11.4. The van der Waals surface area contributed by atoms with Crippen molar-refractivity contribution in [3.05, 3.63) is 48.2 Å². The summed E-state index contributed by atoms with van der Waals surface area (Å²) in [6.07, 6.45) is 5.69. The lowest BCUT2D eigenvalue weighted by Gasteiger charge is -2.07. The third kappa shape index (κ3) is 2.56. The average Bonchev–Trinajstić information content (AvgIpc) is 2.70. The van der Waals surface area contributed by atoms with Crippen LogP contribution >= 0.6 is 11.6 Å². The molecule has 1 aromatic heterocycles. The molecule has 0 bridgehead atoms. The Hall–Kier alpha value is -2.00. The summed E-state index contributed by atoms with van der Waals surface area (Å²) in [5, 5.41) is 1.07. The van der Waals surface area contributed by atoms with Crippen LogP contribution in [-0.4, -0.2) is 10.00 Å². The SMILES string of the molecule is C=Cc1c(/C=C\C)n(COC(=O)Cl)c2ccccc12. The highest BCUT2D eigenvalue weighted by Gasteiger charge is 2.13. The van der Waals surface area contributed by atoms with Gasteiger partial charge in [-0.05, 0) is 19.1 Å². The molecule has 0 atom stereocenters. The predicted molar refractivity (Wildman–Crippen MR) is 79.1 cm³/mol. The number of hydrogen-bond donors (Lipinski definition) is 0. The summed E-state index contributed by atoms with van der Waals surface area (Å²) in [6.45, 7) is 5.86. The Morgan fingerprint density at radius 2 is 2.21 bits per heavy atom. The molecular formula is C15H14ClNO2. The molecule has 19 heavy (non-hydrogen) atoms. The Balaban J connectivity index is 2.66. The highest BCUT2D eigenvalue weighted by molar-refractivity contribution is 6.61. The molecule has 98 valence electrons. The first-order valence-electron chi connectivity index (χ1n) is 5.87. The van der Waals surface area contributed by atoms with E-state index in [1.165, 1.54) is 0 Å². The fraction of sp³-hybridized carbons (Fsp3) is 0.133. The number of fused-ring (bicyclic) bond motifs is 1. The van der Waals surface area contributed by atoms with Gasteiger partial charge in [-0.25, -0.2) is 4.79 Å². The molecule has 1 heterocycles. The van der Waals surface area contributed by atoms with Crippen molar-refractivity contribution in [2.75, 3.05) is 0 Å². The summed E-state index contributed by atoms with van der Waals surface area (Å²) in [4.78, 5) is 10.8. The largest absolute Gasteiger partial charge is 0.432 e. The molecule has 0 amide bonds. The van der Waals surface area contributed by atoms with Crippen molar-refractivity contribution in [1.29, 1.82) is 0 Å². The summed E-state index contributed by atoms with van der Waals surface area (Å²) >= 11 is 5.24. The second-order valence-corrected chi connectivity index (χ2v) is 4.27. The first-order chi connectivity index (χ1) is 9.19. The van der Waals surface area contributed by atoms with Crippen molar-refractivity contribution in [2.45, 2.75) is 13.7 Å². The molecule has 0 spiro atoms. The van der Waals surface area contributed by atoms with E-state index in [-0.39, 0.29) is 6.73 Å². The van der Waals surface area contributed by atoms with E-state index in [1.54, 1.807) is 6.08 Å². The van der Waals surface area contributed by atoms with Gasteiger partial charge in [-0.15, -0.1) is 0 Å². The molecule has 0 aliphatic heterocycles. The predicted octanol–water partition coefficient (Wildman–Crippen LogP) is 4.65. The summed E-state index contributed by atoms with van der Waals surface area (Å²) in [7, 11) is 0. The molecule has 0 N–H and O–H groups in total. The molecule has 0 saturated heterocycles. The molecule has 3 nitrogen and oxygen atoms in total. The van der Waals surface area contributed by atoms with Crippen molar-refractivity contribution in [3.63, 3.8) is 0 Å². The van der Waals surface area contributed by atoms with Crippen LogP contribution in [0.25, 0.3) is 23.1 Å². The number of para-hydroxylation sites is 1. The zero-order valence-electron chi connectivity index (χ0n) is 10.6. The smallest absolute Gasteiger partial charge is 0.405 e. The lowest BCUT2D eigenvalue weighted by molar-refractivity contribution is 0.141. The molecule has 1 aromatic carbocycles. The van der Waals surface area contributed by atoms with Gasteiger partial charge < -0.3 is 9.30 Å². The van der Waals surface area contributed by atoms with Crippen molar-refractivity contribution in [1.82, 2.24) is 4.57 Å². The lowest BCUT2D eigenvalue weighted by atomic mass is 10.1. The molecule has 0 aliphatic carbocycles. The van der Waals surface area contributed by atoms with Gasteiger partial charge in [0, 0.05) is 22.6 Å². The molecule has 0 aliphatic rings. The topological polar surface area (TPSA) is 31.2 Å². The van der Waals surface area contributed by atoms with Crippen LogP contribution < -0.4 is 0 Å². The Labute approximate surface area is 116 Å². The van der Waals surface area contributed by atoms with Crippen LogP contribution in [0, 0.1) is 0 Å². The monoisotopic (exact) mass is 275 g/mol. The molecule has 0 fully saturated rings. The van der Waals surface area contributed by atoms with E-state index in [0.29, 0.717) is 0 Å².